The number of carboxylic acid groups (broad SMARTS) is 1. The highest BCUT2D eigenvalue weighted by molar-refractivity contribution is 5.88. The van der Waals surface area contributed by atoms with Crippen LogP contribution in [-0.2, 0) is 9.59 Å². The van der Waals surface area contributed by atoms with Crippen molar-refractivity contribution in [3.8, 4) is 5.75 Å². The van der Waals surface area contributed by atoms with Crippen molar-refractivity contribution >= 4 is 11.9 Å². The fourth-order valence-corrected chi connectivity index (χ4v) is 2.05. The van der Waals surface area contributed by atoms with Gasteiger partial charge in [0.25, 0.3) is 0 Å². The number of ether oxygens (including phenoxy) is 1. The van der Waals surface area contributed by atoms with Crippen LogP contribution in [0.4, 0.5) is 4.39 Å². The van der Waals surface area contributed by atoms with E-state index in [0.717, 1.165) is 0 Å². The number of fused-ring (bicyclic) bond motifs is 1. The fraction of sp³-hybridized carbons (Fsp3) is 0.385. The number of hydrogen-bond donors (Lipinski definition) is 2. The number of para-hydroxylation sites is 1. The lowest BCUT2D eigenvalue weighted by atomic mass is 9.92. The van der Waals surface area contributed by atoms with E-state index in [-0.39, 0.29) is 0 Å². The molecule has 1 aliphatic rings. The number of carbonyl (C=O) groups excluding carboxylic acids is 1. The van der Waals surface area contributed by atoms with Gasteiger partial charge in [0.1, 0.15) is 12.4 Å². The van der Waals surface area contributed by atoms with Gasteiger partial charge in [-0.2, -0.15) is 0 Å². The van der Waals surface area contributed by atoms with E-state index >= 15 is 0 Å². The first-order valence-corrected chi connectivity index (χ1v) is 5.94. The minimum Gasteiger partial charge on any atom is -0.493 e. The number of hydrogen-bond acceptors (Lipinski definition) is 3. The van der Waals surface area contributed by atoms with Gasteiger partial charge in [-0.05, 0) is 12.5 Å². The first-order chi connectivity index (χ1) is 9.13. The normalized spacial score (nSPS) is 18.9. The minimum atomic E-state index is -1.50. The molecule has 1 amide bonds. The van der Waals surface area contributed by atoms with E-state index in [1.165, 1.54) is 0 Å². The van der Waals surface area contributed by atoms with E-state index in [2.05, 4.69) is 5.32 Å². The van der Waals surface area contributed by atoms with Gasteiger partial charge in [-0.3, -0.25) is 4.79 Å². The van der Waals surface area contributed by atoms with Gasteiger partial charge in [0, 0.05) is 5.56 Å². The van der Waals surface area contributed by atoms with Crippen LogP contribution in [0.3, 0.4) is 0 Å². The van der Waals surface area contributed by atoms with Gasteiger partial charge >= 0.3 is 5.97 Å². The Morgan fingerprint density at radius 2 is 2.21 bits per heavy atom. The zero-order chi connectivity index (χ0) is 13.8. The van der Waals surface area contributed by atoms with Crippen molar-refractivity contribution in [1.29, 1.82) is 0 Å². The number of rotatable bonds is 4. The number of aliphatic carboxylic acids is 1. The first kappa shape index (κ1) is 13.3. The lowest BCUT2D eigenvalue weighted by Gasteiger charge is -2.25. The molecule has 6 heteroatoms. The Hall–Kier alpha value is -2.11. The topological polar surface area (TPSA) is 75.6 Å². The predicted octanol–water partition coefficient (Wildman–Crippen LogP) is 1.09. The van der Waals surface area contributed by atoms with Crippen molar-refractivity contribution in [2.24, 2.45) is 0 Å². The highest BCUT2D eigenvalue weighted by Gasteiger charge is 2.30. The Morgan fingerprint density at radius 3 is 2.89 bits per heavy atom. The molecule has 0 fully saturated rings. The van der Waals surface area contributed by atoms with Crippen LogP contribution < -0.4 is 10.1 Å². The zero-order valence-electron chi connectivity index (χ0n) is 10.1. The highest BCUT2D eigenvalue weighted by Crippen LogP contribution is 2.33. The maximum Gasteiger partial charge on any atom is 0.328 e. The number of amides is 1. The number of benzene rings is 1. The SMILES string of the molecule is O=C(O)C(CF)NC(=O)C1CCOc2ccccc21. The van der Waals surface area contributed by atoms with Gasteiger partial charge in [0.2, 0.25) is 5.91 Å². The Morgan fingerprint density at radius 1 is 1.47 bits per heavy atom. The fourth-order valence-electron chi connectivity index (χ4n) is 2.05. The van der Waals surface area contributed by atoms with Gasteiger partial charge in [0.15, 0.2) is 6.04 Å². The molecule has 2 rings (SSSR count). The Bertz CT molecular complexity index is 491. The Balaban J connectivity index is 2.15. The number of alkyl halides is 1. The molecule has 2 N–H and O–H groups in total. The van der Waals surface area contributed by atoms with Crippen LogP contribution >= 0.6 is 0 Å². The molecule has 1 aromatic carbocycles. The van der Waals surface area contributed by atoms with Crippen molar-refractivity contribution < 1.29 is 23.8 Å². The summed E-state index contributed by atoms with van der Waals surface area (Å²) in [5, 5.41) is 10.9. The molecule has 1 aliphatic heterocycles. The summed E-state index contributed by atoms with van der Waals surface area (Å²) in [4.78, 5) is 22.8. The quantitative estimate of drug-likeness (QED) is 0.856. The molecule has 0 saturated carbocycles. The third-order valence-electron chi connectivity index (χ3n) is 3.04. The number of halogens is 1. The molecular formula is C13H14FNO4. The summed E-state index contributed by atoms with van der Waals surface area (Å²) in [5.74, 6) is -1.75. The molecule has 0 radical (unpaired) electrons. The molecule has 0 bridgehead atoms. The molecule has 1 heterocycles. The first-order valence-electron chi connectivity index (χ1n) is 5.94. The van der Waals surface area contributed by atoms with E-state index in [1.807, 2.05) is 0 Å². The van der Waals surface area contributed by atoms with E-state index < -0.39 is 30.5 Å². The summed E-state index contributed by atoms with van der Waals surface area (Å²) in [5.41, 5.74) is 0.703. The van der Waals surface area contributed by atoms with Gasteiger partial charge in [0.05, 0.1) is 12.5 Å². The number of carbonyl (C=O) groups is 2. The van der Waals surface area contributed by atoms with Crippen LogP contribution in [0, 0.1) is 0 Å². The maximum absolute atomic E-state index is 12.5. The van der Waals surface area contributed by atoms with E-state index in [4.69, 9.17) is 9.84 Å². The van der Waals surface area contributed by atoms with Gasteiger partial charge in [-0.15, -0.1) is 0 Å². The third kappa shape index (κ3) is 2.83. The molecule has 0 aliphatic carbocycles. The Kier molecular flexibility index (Phi) is 3.99. The van der Waals surface area contributed by atoms with Crippen LogP contribution in [-0.4, -0.2) is 36.3 Å². The molecular weight excluding hydrogens is 253 g/mol. The molecule has 0 spiro atoms. The lowest BCUT2D eigenvalue weighted by Crippen LogP contribution is -2.45. The van der Waals surface area contributed by atoms with Crippen molar-refractivity contribution in [2.45, 2.75) is 18.4 Å². The van der Waals surface area contributed by atoms with Gasteiger partial charge < -0.3 is 15.2 Å². The molecule has 2 atom stereocenters. The molecule has 102 valence electrons. The lowest BCUT2D eigenvalue weighted by molar-refractivity contribution is -0.142. The molecule has 2 unspecified atom stereocenters. The molecule has 1 aromatic rings. The summed E-state index contributed by atoms with van der Waals surface area (Å²) in [6.45, 7) is -0.756. The predicted molar refractivity (Wildman–Crippen MR) is 64.8 cm³/mol. The summed E-state index contributed by atoms with van der Waals surface area (Å²) in [7, 11) is 0. The summed E-state index contributed by atoms with van der Waals surface area (Å²) < 4.78 is 17.9. The van der Waals surface area contributed by atoms with Crippen molar-refractivity contribution in [3.05, 3.63) is 29.8 Å². The van der Waals surface area contributed by atoms with Crippen LogP contribution in [0.2, 0.25) is 0 Å². The summed E-state index contributed by atoms with van der Waals surface area (Å²) in [6, 6.07) is 5.57. The smallest absolute Gasteiger partial charge is 0.328 e. The van der Waals surface area contributed by atoms with Crippen molar-refractivity contribution in [2.75, 3.05) is 13.3 Å². The van der Waals surface area contributed by atoms with Gasteiger partial charge in [-0.1, -0.05) is 18.2 Å². The molecule has 0 saturated heterocycles. The van der Waals surface area contributed by atoms with Crippen LogP contribution in [0.15, 0.2) is 24.3 Å². The summed E-state index contributed by atoms with van der Waals surface area (Å²) in [6.07, 6.45) is 0.446. The van der Waals surface area contributed by atoms with E-state index in [9.17, 15) is 14.0 Å². The average Bonchev–Trinajstić information content (AvgIpc) is 2.43. The van der Waals surface area contributed by atoms with Crippen molar-refractivity contribution in [1.82, 2.24) is 5.32 Å². The zero-order valence-corrected chi connectivity index (χ0v) is 10.1. The minimum absolute atomic E-state index is 0.377. The average molecular weight is 267 g/mol. The number of carboxylic acids is 1. The van der Waals surface area contributed by atoms with Crippen LogP contribution in [0.5, 0.6) is 5.75 Å². The highest BCUT2D eigenvalue weighted by atomic mass is 19.1. The largest absolute Gasteiger partial charge is 0.493 e. The van der Waals surface area contributed by atoms with Gasteiger partial charge in [-0.25, -0.2) is 9.18 Å². The van der Waals surface area contributed by atoms with Crippen molar-refractivity contribution in [3.63, 3.8) is 0 Å². The molecule has 0 aromatic heterocycles. The summed E-state index contributed by atoms with van der Waals surface area (Å²) >= 11 is 0. The van der Waals surface area contributed by atoms with E-state index in [1.54, 1.807) is 24.3 Å². The van der Waals surface area contributed by atoms with Crippen LogP contribution in [0.25, 0.3) is 0 Å². The molecule has 5 nitrogen and oxygen atoms in total. The third-order valence-corrected chi connectivity index (χ3v) is 3.04. The van der Waals surface area contributed by atoms with E-state index in [0.29, 0.717) is 24.3 Å². The Labute approximate surface area is 109 Å². The van der Waals surface area contributed by atoms with Crippen LogP contribution in [0.1, 0.15) is 17.9 Å². The second-order valence-electron chi connectivity index (χ2n) is 4.28. The standard InChI is InChI=1S/C13H14FNO4/c14-7-10(13(17)18)15-12(16)9-5-6-19-11-4-2-1-3-8(9)11/h1-4,9-10H,5-7H2,(H,15,16)(H,17,18). The number of nitrogens with one attached hydrogen (secondary N) is 1. The second-order valence-corrected chi connectivity index (χ2v) is 4.28. The second kappa shape index (κ2) is 5.69. The molecule has 19 heavy (non-hydrogen) atoms. The maximum atomic E-state index is 12.5. The monoisotopic (exact) mass is 267 g/mol.